The molecular weight excluding hydrogens is 400 g/mol. The van der Waals surface area contributed by atoms with E-state index in [-0.39, 0.29) is 5.91 Å². The maximum absolute atomic E-state index is 12.2. The van der Waals surface area contributed by atoms with Crippen LogP contribution in [0.2, 0.25) is 0 Å². The summed E-state index contributed by atoms with van der Waals surface area (Å²) in [5, 5.41) is 6.51. The third-order valence-electron chi connectivity index (χ3n) is 4.16. The highest BCUT2D eigenvalue weighted by molar-refractivity contribution is 9.12. The minimum atomic E-state index is -0.558. The number of nitrogens with one attached hydrogen (secondary N) is 2. The zero-order valence-corrected chi connectivity index (χ0v) is 16.0. The van der Waals surface area contributed by atoms with Crippen LogP contribution < -0.4 is 10.7 Å². The Bertz CT molecular complexity index is 792. The fourth-order valence-electron chi connectivity index (χ4n) is 2.86. The van der Waals surface area contributed by atoms with Crippen LogP contribution in [0.3, 0.4) is 0 Å². The van der Waals surface area contributed by atoms with Crippen molar-refractivity contribution in [2.75, 3.05) is 13.6 Å². The largest absolute Gasteiger partial charge is 0.326 e. The lowest BCUT2D eigenvalue weighted by atomic mass is 10.1. The fraction of sp³-hybridized carbons (Fsp3) is 0.294. The van der Waals surface area contributed by atoms with Gasteiger partial charge in [-0.3, -0.25) is 10.1 Å². The van der Waals surface area contributed by atoms with Crippen LogP contribution in [0.15, 0.2) is 44.9 Å². The summed E-state index contributed by atoms with van der Waals surface area (Å²) in [6.45, 7) is 2.47. The van der Waals surface area contributed by atoms with Crippen LogP contribution in [0.4, 0.5) is 4.79 Å². The molecule has 9 heteroatoms. The molecule has 1 aromatic rings. The number of carbonyl (C=O) groups is 2. The number of benzene rings is 1. The molecule has 3 amide bonds. The van der Waals surface area contributed by atoms with Gasteiger partial charge < -0.3 is 9.80 Å². The Morgan fingerprint density at radius 1 is 1.38 bits per heavy atom. The third-order valence-corrected chi connectivity index (χ3v) is 4.59. The van der Waals surface area contributed by atoms with Gasteiger partial charge in [-0.2, -0.15) is 5.10 Å². The Balaban J connectivity index is 1.71. The molecule has 2 atom stereocenters. The first-order valence-corrected chi connectivity index (χ1v) is 8.94. The Morgan fingerprint density at radius 3 is 2.81 bits per heavy atom. The lowest BCUT2D eigenvalue weighted by molar-refractivity contribution is -0.127. The number of fused-ring (bicyclic) bond motifs is 1. The number of aliphatic imine (C=N–C) groups is 1. The maximum Gasteiger partial charge on any atom is 0.325 e. The van der Waals surface area contributed by atoms with Crippen molar-refractivity contribution in [1.82, 2.24) is 20.5 Å². The minimum Gasteiger partial charge on any atom is -0.326 e. The van der Waals surface area contributed by atoms with Crippen LogP contribution >= 0.6 is 15.9 Å². The molecule has 2 heterocycles. The molecule has 1 saturated heterocycles. The summed E-state index contributed by atoms with van der Waals surface area (Å²) in [7, 11) is 1.61. The van der Waals surface area contributed by atoms with E-state index < -0.39 is 18.2 Å². The van der Waals surface area contributed by atoms with Gasteiger partial charge in [0.25, 0.3) is 5.91 Å². The summed E-state index contributed by atoms with van der Waals surface area (Å²) in [5.74, 6) is 0.102. The molecule has 0 bridgehead atoms. The van der Waals surface area contributed by atoms with Crippen molar-refractivity contribution in [2.45, 2.75) is 19.1 Å². The summed E-state index contributed by atoms with van der Waals surface area (Å²) >= 11 is 3.45. The Hall–Kier alpha value is -2.68. The van der Waals surface area contributed by atoms with E-state index in [0.717, 1.165) is 10.0 Å². The lowest BCUT2D eigenvalue weighted by Crippen LogP contribution is -2.64. The molecule has 2 aliphatic heterocycles. The van der Waals surface area contributed by atoms with E-state index in [1.807, 2.05) is 43.3 Å². The first-order chi connectivity index (χ1) is 12.5. The van der Waals surface area contributed by atoms with Gasteiger partial charge in [0.2, 0.25) is 5.96 Å². The molecule has 2 N–H and O–H groups in total. The number of carbonyl (C=O) groups excluding carboxylic acids is 2. The normalized spacial score (nSPS) is 23.2. The smallest absolute Gasteiger partial charge is 0.325 e. The van der Waals surface area contributed by atoms with Gasteiger partial charge >= 0.3 is 6.03 Å². The topological polar surface area (TPSA) is 89.4 Å². The van der Waals surface area contributed by atoms with Crippen molar-refractivity contribution >= 4 is 46.1 Å². The number of nitrogens with zero attached hydrogens (tertiary/aromatic N) is 4. The molecule has 8 nitrogen and oxygen atoms in total. The van der Waals surface area contributed by atoms with Gasteiger partial charge in [0.15, 0.2) is 12.2 Å². The van der Waals surface area contributed by atoms with E-state index >= 15 is 0 Å². The number of hydrogen-bond donors (Lipinski definition) is 2. The van der Waals surface area contributed by atoms with E-state index in [9.17, 15) is 9.59 Å². The van der Waals surface area contributed by atoms with E-state index in [1.54, 1.807) is 18.2 Å². The predicted molar refractivity (Wildman–Crippen MR) is 104 cm³/mol. The molecular formula is C17H19BrN6O2. The zero-order valence-electron chi connectivity index (χ0n) is 14.4. The first-order valence-electron chi connectivity index (χ1n) is 8.14. The molecule has 1 fully saturated rings. The van der Waals surface area contributed by atoms with Gasteiger partial charge in [-0.05, 0) is 34.5 Å². The molecule has 0 spiro atoms. The van der Waals surface area contributed by atoms with Crippen molar-refractivity contribution in [3.63, 3.8) is 0 Å². The van der Waals surface area contributed by atoms with Crippen molar-refractivity contribution in [3.05, 3.63) is 40.4 Å². The molecule has 0 saturated carbocycles. The second-order valence-electron chi connectivity index (χ2n) is 5.81. The highest BCUT2D eigenvalue weighted by Gasteiger charge is 2.48. The van der Waals surface area contributed by atoms with Crippen molar-refractivity contribution in [2.24, 2.45) is 10.1 Å². The molecule has 0 radical (unpaired) electrons. The number of halogens is 1. The lowest BCUT2D eigenvalue weighted by Gasteiger charge is -2.35. The summed E-state index contributed by atoms with van der Waals surface area (Å²) in [6, 6.07) is 8.84. The Morgan fingerprint density at radius 2 is 2.12 bits per heavy atom. The quantitative estimate of drug-likeness (QED) is 0.573. The number of rotatable bonds is 4. The number of urea groups is 1. The molecule has 136 valence electrons. The van der Waals surface area contributed by atoms with E-state index in [0.29, 0.717) is 12.5 Å². The van der Waals surface area contributed by atoms with Gasteiger partial charge in [0, 0.05) is 18.1 Å². The maximum atomic E-state index is 12.2. The van der Waals surface area contributed by atoms with Crippen LogP contribution in [0, 0.1) is 0 Å². The number of allylic oxidation sites excluding steroid dienone is 1. The van der Waals surface area contributed by atoms with E-state index in [2.05, 4.69) is 36.8 Å². The highest BCUT2D eigenvalue weighted by atomic mass is 79.9. The van der Waals surface area contributed by atoms with E-state index in [4.69, 9.17) is 0 Å². The number of hydrogen-bond acceptors (Lipinski definition) is 6. The summed E-state index contributed by atoms with van der Waals surface area (Å²) in [6.07, 6.45) is 2.98. The zero-order chi connectivity index (χ0) is 18.7. The minimum absolute atomic E-state index is 0.352. The van der Waals surface area contributed by atoms with Crippen LogP contribution in [-0.2, 0) is 4.79 Å². The molecule has 26 heavy (non-hydrogen) atoms. The number of hydrazone groups is 1. The summed E-state index contributed by atoms with van der Waals surface area (Å²) in [5.41, 5.74) is 3.91. The molecule has 0 aliphatic carbocycles. The monoisotopic (exact) mass is 418 g/mol. The second-order valence-corrected chi connectivity index (χ2v) is 6.73. The van der Waals surface area contributed by atoms with Crippen molar-refractivity contribution in [3.8, 4) is 0 Å². The number of amides is 3. The average Bonchev–Trinajstić information content (AvgIpc) is 3.00. The van der Waals surface area contributed by atoms with Gasteiger partial charge in [-0.1, -0.05) is 30.3 Å². The second kappa shape index (κ2) is 7.69. The standard InChI is InChI=1S/C17H19BrN6O2/c1-3-24-13-14(23(2)17(26)21-15(13)25)20-16(24)22-19-10-12(18)9-11-7-5-4-6-8-11/h4-10,13-14H,3H2,1-2H3,(H,20,22)(H,21,25,26)/b12-9-,19-10-. The van der Waals surface area contributed by atoms with Crippen LogP contribution in [0.1, 0.15) is 12.5 Å². The summed E-state index contributed by atoms with van der Waals surface area (Å²) < 4.78 is 0.778. The summed E-state index contributed by atoms with van der Waals surface area (Å²) in [4.78, 5) is 31.6. The van der Waals surface area contributed by atoms with Gasteiger partial charge in [-0.25, -0.2) is 15.2 Å². The Kier molecular flexibility index (Phi) is 5.36. The molecule has 2 unspecified atom stereocenters. The number of imide groups is 1. The van der Waals surface area contributed by atoms with Crippen molar-refractivity contribution in [1.29, 1.82) is 0 Å². The SMILES string of the molecule is CCN1C(N/N=C\C(Br)=C\c2ccccc2)=NC2C1C(=O)NC(=O)N2C. The van der Waals surface area contributed by atoms with Gasteiger partial charge in [-0.15, -0.1) is 0 Å². The highest BCUT2D eigenvalue weighted by Crippen LogP contribution is 2.22. The van der Waals surface area contributed by atoms with E-state index in [1.165, 1.54) is 4.90 Å². The van der Waals surface area contributed by atoms with Crippen LogP contribution in [0.5, 0.6) is 0 Å². The van der Waals surface area contributed by atoms with Gasteiger partial charge in [0.1, 0.15) is 0 Å². The van der Waals surface area contributed by atoms with Crippen LogP contribution in [0.25, 0.3) is 6.08 Å². The number of likely N-dealkylation sites (N-methyl/N-ethyl adjacent to an activating group) is 2. The molecule has 3 rings (SSSR count). The van der Waals surface area contributed by atoms with Gasteiger partial charge in [0.05, 0.1) is 6.21 Å². The first kappa shape index (κ1) is 18.1. The molecule has 2 aliphatic rings. The van der Waals surface area contributed by atoms with Crippen molar-refractivity contribution < 1.29 is 9.59 Å². The molecule has 1 aromatic carbocycles. The number of guanidine groups is 1. The predicted octanol–water partition coefficient (Wildman–Crippen LogP) is 1.57. The third kappa shape index (κ3) is 3.62. The molecule has 0 aromatic heterocycles. The van der Waals surface area contributed by atoms with Crippen LogP contribution in [-0.4, -0.2) is 59.7 Å². The Labute approximate surface area is 159 Å². The fourth-order valence-corrected chi connectivity index (χ4v) is 3.23. The average molecular weight is 419 g/mol.